The van der Waals surface area contributed by atoms with Crippen LogP contribution in [0.15, 0.2) is 23.0 Å². The normalized spacial score (nSPS) is 18.0. The minimum atomic E-state index is -2.57. The van der Waals surface area contributed by atoms with Crippen LogP contribution in [0.3, 0.4) is 0 Å². The fourth-order valence-electron chi connectivity index (χ4n) is 3.70. The third-order valence-electron chi connectivity index (χ3n) is 5.17. The Morgan fingerprint density at radius 2 is 2.04 bits per heavy atom. The first-order valence-corrected chi connectivity index (χ1v) is 8.93. The number of aromatic nitrogens is 4. The van der Waals surface area contributed by atoms with E-state index in [0.29, 0.717) is 41.9 Å². The Balaban J connectivity index is 1.73. The van der Waals surface area contributed by atoms with E-state index in [9.17, 15) is 18.0 Å². The van der Waals surface area contributed by atoms with Crippen LogP contribution in [0.25, 0.3) is 16.7 Å². The van der Waals surface area contributed by atoms with Gasteiger partial charge in [-0.25, -0.2) is 18.3 Å². The molecule has 3 aromatic rings. The number of rotatable bonds is 3. The highest BCUT2D eigenvalue weighted by Crippen LogP contribution is 2.37. The molecular formula is C17H17F3N4OS. The molecule has 0 radical (unpaired) electrons. The number of halogens is 3. The van der Waals surface area contributed by atoms with E-state index in [2.05, 4.69) is 10.2 Å². The molecule has 26 heavy (non-hydrogen) atoms. The molecule has 1 aromatic carbocycles. The Kier molecular flexibility index (Phi) is 4.13. The van der Waals surface area contributed by atoms with Crippen LogP contribution < -0.4 is 5.56 Å². The second-order valence-electron chi connectivity index (χ2n) is 6.87. The molecule has 4 rings (SSSR count). The summed E-state index contributed by atoms with van der Waals surface area (Å²) < 4.78 is 43.6. The van der Waals surface area contributed by atoms with E-state index in [1.165, 1.54) is 22.8 Å². The van der Waals surface area contributed by atoms with Gasteiger partial charge in [0.05, 0.1) is 10.9 Å². The molecule has 0 amide bonds. The zero-order valence-electron chi connectivity index (χ0n) is 13.8. The van der Waals surface area contributed by atoms with Crippen LogP contribution in [0.5, 0.6) is 0 Å². The average molecular weight is 382 g/mol. The number of hydrogen-bond donors (Lipinski definition) is 1. The van der Waals surface area contributed by atoms with Crippen LogP contribution in [0.1, 0.15) is 32.1 Å². The standard InChI is InChI=1S/C17H17F3N4OS/c18-11-1-2-13-12(9-11)14(25)23(15-21-22-16(26)24(13)15)8-5-10-3-6-17(19,20)7-4-10/h1-2,9-10H,3-8H2,(H,22,26). The molecule has 1 aliphatic rings. The lowest BCUT2D eigenvalue weighted by atomic mass is 9.85. The molecule has 0 bridgehead atoms. The SMILES string of the molecule is O=c1c2cc(F)ccc2n2c(=S)[nH]nc2n1CCC1CCC(F)(F)CC1. The van der Waals surface area contributed by atoms with Gasteiger partial charge >= 0.3 is 0 Å². The number of hydrogen-bond acceptors (Lipinski definition) is 3. The van der Waals surface area contributed by atoms with Crippen molar-refractivity contribution in [2.24, 2.45) is 5.92 Å². The maximum atomic E-state index is 13.6. The summed E-state index contributed by atoms with van der Waals surface area (Å²) in [6.07, 6.45) is 1.24. The molecule has 2 aromatic heterocycles. The second-order valence-corrected chi connectivity index (χ2v) is 7.26. The summed E-state index contributed by atoms with van der Waals surface area (Å²) in [4.78, 5) is 12.9. The van der Waals surface area contributed by atoms with E-state index in [0.717, 1.165) is 0 Å². The Bertz CT molecular complexity index is 1090. The number of H-pyrrole nitrogens is 1. The van der Waals surface area contributed by atoms with Gasteiger partial charge in [0.1, 0.15) is 5.82 Å². The lowest BCUT2D eigenvalue weighted by Gasteiger charge is -2.28. The second kappa shape index (κ2) is 6.22. The largest absolute Gasteiger partial charge is 0.276 e. The minimum Gasteiger partial charge on any atom is -0.276 e. The highest BCUT2D eigenvalue weighted by Gasteiger charge is 2.34. The molecule has 1 aliphatic carbocycles. The fraction of sp³-hybridized carbons (Fsp3) is 0.471. The van der Waals surface area contributed by atoms with Gasteiger partial charge in [0.25, 0.3) is 5.56 Å². The third kappa shape index (κ3) is 2.94. The molecule has 138 valence electrons. The smallest absolute Gasteiger partial charge is 0.262 e. The van der Waals surface area contributed by atoms with Crippen LogP contribution in [0, 0.1) is 16.5 Å². The Morgan fingerprint density at radius 1 is 1.31 bits per heavy atom. The monoisotopic (exact) mass is 382 g/mol. The van der Waals surface area contributed by atoms with Crippen LogP contribution >= 0.6 is 12.2 Å². The molecular weight excluding hydrogens is 365 g/mol. The van der Waals surface area contributed by atoms with Crippen molar-refractivity contribution in [3.05, 3.63) is 39.1 Å². The van der Waals surface area contributed by atoms with Crippen LogP contribution in [0.4, 0.5) is 13.2 Å². The van der Waals surface area contributed by atoms with E-state index in [4.69, 9.17) is 12.2 Å². The zero-order chi connectivity index (χ0) is 18.5. The number of alkyl halides is 2. The quantitative estimate of drug-likeness (QED) is 0.695. The molecule has 5 nitrogen and oxygen atoms in total. The molecule has 0 saturated heterocycles. The molecule has 1 N–H and O–H groups in total. The summed E-state index contributed by atoms with van der Waals surface area (Å²) in [5.41, 5.74) is 0.126. The van der Waals surface area contributed by atoms with Crippen molar-refractivity contribution in [2.75, 3.05) is 0 Å². The van der Waals surface area contributed by atoms with E-state index in [-0.39, 0.29) is 29.7 Å². The number of aryl methyl sites for hydroxylation is 1. The molecule has 0 unspecified atom stereocenters. The van der Waals surface area contributed by atoms with Crippen molar-refractivity contribution in [2.45, 2.75) is 44.6 Å². The topological polar surface area (TPSA) is 55.1 Å². The number of aromatic amines is 1. The Hall–Kier alpha value is -2.16. The number of nitrogens with one attached hydrogen (secondary N) is 1. The summed E-state index contributed by atoms with van der Waals surface area (Å²) in [5.74, 6) is -2.60. The van der Waals surface area contributed by atoms with Crippen LogP contribution in [0.2, 0.25) is 0 Å². The first kappa shape index (κ1) is 17.3. The predicted octanol–water partition coefficient (Wildman–Crippen LogP) is 4.06. The van der Waals surface area contributed by atoms with Gasteiger partial charge in [0.2, 0.25) is 16.5 Å². The lowest BCUT2D eigenvalue weighted by molar-refractivity contribution is -0.0468. The first-order chi connectivity index (χ1) is 12.4. The van der Waals surface area contributed by atoms with Crippen molar-refractivity contribution in [1.29, 1.82) is 0 Å². The van der Waals surface area contributed by atoms with Crippen LogP contribution in [-0.4, -0.2) is 25.1 Å². The van der Waals surface area contributed by atoms with Gasteiger partial charge in [0.15, 0.2) is 0 Å². The van der Waals surface area contributed by atoms with Crippen molar-refractivity contribution < 1.29 is 13.2 Å². The molecule has 0 spiro atoms. The molecule has 1 saturated carbocycles. The predicted molar refractivity (Wildman–Crippen MR) is 93.6 cm³/mol. The zero-order valence-corrected chi connectivity index (χ0v) is 14.7. The number of fused-ring (bicyclic) bond motifs is 3. The van der Waals surface area contributed by atoms with E-state index >= 15 is 0 Å². The molecule has 2 heterocycles. The van der Waals surface area contributed by atoms with E-state index < -0.39 is 11.7 Å². The van der Waals surface area contributed by atoms with E-state index in [1.807, 2.05) is 0 Å². The fourth-order valence-corrected chi connectivity index (χ4v) is 3.93. The third-order valence-corrected chi connectivity index (χ3v) is 5.44. The summed E-state index contributed by atoms with van der Waals surface area (Å²) in [6, 6.07) is 3.95. The maximum absolute atomic E-state index is 13.6. The van der Waals surface area contributed by atoms with Gasteiger partial charge in [-0.15, -0.1) is 5.10 Å². The van der Waals surface area contributed by atoms with Crippen molar-refractivity contribution in [3.8, 4) is 0 Å². The Morgan fingerprint density at radius 3 is 2.77 bits per heavy atom. The van der Waals surface area contributed by atoms with Gasteiger partial charge in [-0.3, -0.25) is 13.8 Å². The highest BCUT2D eigenvalue weighted by atomic mass is 32.1. The van der Waals surface area contributed by atoms with Gasteiger partial charge in [0, 0.05) is 19.4 Å². The lowest BCUT2D eigenvalue weighted by Crippen LogP contribution is -2.28. The van der Waals surface area contributed by atoms with Crippen LogP contribution in [-0.2, 0) is 6.54 Å². The van der Waals surface area contributed by atoms with Gasteiger partial charge < -0.3 is 0 Å². The summed E-state index contributed by atoms with van der Waals surface area (Å²) >= 11 is 5.24. The van der Waals surface area contributed by atoms with Gasteiger partial charge in [-0.1, -0.05) is 0 Å². The van der Waals surface area contributed by atoms with Gasteiger partial charge in [-0.05, 0) is 55.6 Å². The van der Waals surface area contributed by atoms with Gasteiger partial charge in [-0.2, -0.15) is 0 Å². The van der Waals surface area contributed by atoms with Crippen molar-refractivity contribution >= 4 is 28.9 Å². The number of benzene rings is 1. The molecule has 0 atom stereocenters. The summed E-state index contributed by atoms with van der Waals surface area (Å²) in [5, 5.41) is 7.01. The molecule has 1 fully saturated rings. The van der Waals surface area contributed by atoms with Crippen molar-refractivity contribution in [3.63, 3.8) is 0 Å². The maximum Gasteiger partial charge on any atom is 0.262 e. The Labute approximate surface area is 151 Å². The average Bonchev–Trinajstić information content (AvgIpc) is 2.98. The first-order valence-electron chi connectivity index (χ1n) is 8.53. The van der Waals surface area contributed by atoms with Crippen molar-refractivity contribution in [1.82, 2.24) is 19.2 Å². The molecule has 9 heteroatoms. The highest BCUT2D eigenvalue weighted by molar-refractivity contribution is 7.71. The minimum absolute atomic E-state index is 0.113. The van der Waals surface area contributed by atoms with E-state index in [1.54, 1.807) is 4.40 Å². The summed E-state index contributed by atoms with van der Waals surface area (Å²) in [6.45, 7) is 0.324. The summed E-state index contributed by atoms with van der Waals surface area (Å²) in [7, 11) is 0. The molecule has 0 aliphatic heterocycles. The number of nitrogens with zero attached hydrogens (tertiary/aromatic N) is 3.